The molecule has 0 atom stereocenters. The molecule has 4 rings (SSSR count). The van der Waals surface area contributed by atoms with Crippen molar-refractivity contribution in [3.8, 4) is 0 Å². The van der Waals surface area contributed by atoms with Crippen LogP contribution in [0.5, 0.6) is 0 Å². The summed E-state index contributed by atoms with van der Waals surface area (Å²) in [5, 5.41) is 0. The zero-order chi connectivity index (χ0) is 20.2. The molecule has 0 radical (unpaired) electrons. The first-order valence-corrected chi connectivity index (χ1v) is 10.4. The Morgan fingerprint density at radius 3 is 2.48 bits per heavy atom. The maximum absolute atomic E-state index is 13.4. The maximum atomic E-state index is 13.4. The summed E-state index contributed by atoms with van der Waals surface area (Å²) in [6, 6.07) is 15.2. The third kappa shape index (κ3) is 4.67. The summed E-state index contributed by atoms with van der Waals surface area (Å²) in [4.78, 5) is 19.6. The number of aryl methyl sites for hydroxylation is 1. The van der Waals surface area contributed by atoms with Gasteiger partial charge in [-0.3, -0.25) is 9.69 Å². The Balaban J connectivity index is 1.30. The molecule has 1 amide bonds. The van der Waals surface area contributed by atoms with Crippen molar-refractivity contribution in [2.45, 2.75) is 19.9 Å². The van der Waals surface area contributed by atoms with Gasteiger partial charge in [-0.2, -0.15) is 0 Å². The molecule has 4 nitrogen and oxygen atoms in total. The van der Waals surface area contributed by atoms with E-state index in [-0.39, 0.29) is 11.7 Å². The van der Waals surface area contributed by atoms with Crippen molar-refractivity contribution in [1.29, 1.82) is 0 Å². The molecule has 1 fully saturated rings. The van der Waals surface area contributed by atoms with E-state index < -0.39 is 0 Å². The monoisotopic (exact) mass is 393 g/mol. The third-order valence-electron chi connectivity index (χ3n) is 5.89. The molecule has 0 spiro atoms. The molecule has 2 aliphatic heterocycles. The van der Waals surface area contributed by atoms with E-state index in [9.17, 15) is 9.18 Å². The van der Waals surface area contributed by atoms with E-state index in [1.165, 1.54) is 17.3 Å². The predicted octanol–water partition coefficient (Wildman–Crippen LogP) is 3.62. The van der Waals surface area contributed by atoms with Crippen LogP contribution in [0.15, 0.2) is 60.2 Å². The van der Waals surface area contributed by atoms with Gasteiger partial charge < -0.3 is 9.80 Å². The zero-order valence-electron chi connectivity index (χ0n) is 17.0. The Labute approximate surface area is 172 Å². The van der Waals surface area contributed by atoms with Gasteiger partial charge in [-0.05, 0) is 42.7 Å². The van der Waals surface area contributed by atoms with Crippen molar-refractivity contribution in [3.05, 3.63) is 77.1 Å². The highest BCUT2D eigenvalue weighted by Gasteiger charge is 2.25. The molecule has 1 saturated heterocycles. The van der Waals surface area contributed by atoms with Gasteiger partial charge in [0.2, 0.25) is 5.91 Å². The van der Waals surface area contributed by atoms with E-state index >= 15 is 0 Å². The van der Waals surface area contributed by atoms with Crippen LogP contribution in [0.3, 0.4) is 0 Å². The number of hydrogen-bond donors (Lipinski definition) is 0. The lowest BCUT2D eigenvalue weighted by atomic mass is 10.0. The first-order chi connectivity index (χ1) is 14.1. The number of piperazine rings is 1. The van der Waals surface area contributed by atoms with Crippen LogP contribution in [-0.4, -0.2) is 55.0 Å². The van der Waals surface area contributed by atoms with Gasteiger partial charge in [-0.25, -0.2) is 4.39 Å². The molecule has 0 bridgehead atoms. The van der Waals surface area contributed by atoms with Crippen LogP contribution in [0.2, 0.25) is 0 Å². The van der Waals surface area contributed by atoms with Gasteiger partial charge in [0.25, 0.3) is 0 Å². The minimum absolute atomic E-state index is 0.180. The molecule has 2 heterocycles. The maximum Gasteiger partial charge on any atom is 0.249 e. The molecule has 0 N–H and O–H groups in total. The highest BCUT2D eigenvalue weighted by atomic mass is 19.1. The summed E-state index contributed by atoms with van der Waals surface area (Å²) in [6.45, 7) is 7.68. The van der Waals surface area contributed by atoms with E-state index in [1.54, 1.807) is 12.1 Å². The number of nitrogens with zero attached hydrogens (tertiary/aromatic N) is 3. The van der Waals surface area contributed by atoms with Gasteiger partial charge in [0.1, 0.15) is 5.82 Å². The number of carbonyl (C=O) groups is 1. The first kappa shape index (κ1) is 19.6. The van der Waals surface area contributed by atoms with Crippen LogP contribution in [0, 0.1) is 12.7 Å². The number of halogens is 1. The molecule has 2 aromatic rings. The Kier molecular flexibility index (Phi) is 5.95. The second-order valence-electron chi connectivity index (χ2n) is 7.91. The number of benzene rings is 2. The van der Waals surface area contributed by atoms with Gasteiger partial charge in [0, 0.05) is 57.1 Å². The Bertz CT molecular complexity index is 903. The van der Waals surface area contributed by atoms with Crippen molar-refractivity contribution in [2.75, 3.05) is 44.2 Å². The fourth-order valence-corrected chi connectivity index (χ4v) is 4.21. The largest absolute Gasteiger partial charge is 0.368 e. The molecule has 0 aliphatic carbocycles. The molecule has 0 saturated carbocycles. The number of anilines is 1. The minimum atomic E-state index is -0.198. The molecule has 2 aliphatic rings. The smallest absolute Gasteiger partial charge is 0.249 e. The van der Waals surface area contributed by atoms with Crippen LogP contribution in [0.4, 0.5) is 10.1 Å². The van der Waals surface area contributed by atoms with E-state index in [1.807, 2.05) is 11.0 Å². The summed E-state index contributed by atoms with van der Waals surface area (Å²) in [6.07, 6.45) is 2.81. The normalized spacial score (nSPS) is 17.9. The van der Waals surface area contributed by atoms with Crippen LogP contribution in [-0.2, 0) is 11.3 Å². The van der Waals surface area contributed by atoms with Crippen LogP contribution in [0.1, 0.15) is 17.5 Å². The summed E-state index contributed by atoms with van der Waals surface area (Å²) in [5.74, 6) is -0.0180. The summed E-state index contributed by atoms with van der Waals surface area (Å²) < 4.78 is 13.4. The Hall–Kier alpha value is -2.66. The standard InChI is InChI=1S/C24H28FN3O/c1-19-5-2-3-8-23(19)27-13-15-28(16-14-27)24(29)21-9-11-26(12-10-21)18-20-6-4-7-22(25)17-20/h2-9,17H,10-16,18H2,1H3. The Morgan fingerprint density at radius 1 is 1.00 bits per heavy atom. The number of para-hydroxylation sites is 1. The topological polar surface area (TPSA) is 26.8 Å². The van der Waals surface area contributed by atoms with Gasteiger partial charge in [0.05, 0.1) is 0 Å². The SMILES string of the molecule is Cc1ccccc1N1CCN(C(=O)C2=CCN(Cc3cccc(F)c3)CC2)CC1. The molecule has 29 heavy (non-hydrogen) atoms. The lowest BCUT2D eigenvalue weighted by Gasteiger charge is -2.37. The molecule has 5 heteroatoms. The number of hydrogen-bond acceptors (Lipinski definition) is 3. The predicted molar refractivity (Wildman–Crippen MR) is 114 cm³/mol. The lowest BCUT2D eigenvalue weighted by molar-refractivity contribution is -0.127. The zero-order valence-corrected chi connectivity index (χ0v) is 17.0. The number of carbonyl (C=O) groups excluding carboxylic acids is 1. The molecule has 2 aromatic carbocycles. The average Bonchev–Trinajstić information content (AvgIpc) is 2.74. The molecule has 0 aromatic heterocycles. The van der Waals surface area contributed by atoms with Crippen molar-refractivity contribution < 1.29 is 9.18 Å². The third-order valence-corrected chi connectivity index (χ3v) is 5.89. The molecule has 0 unspecified atom stereocenters. The number of amides is 1. The molecule has 152 valence electrons. The van der Waals surface area contributed by atoms with Crippen molar-refractivity contribution >= 4 is 11.6 Å². The quantitative estimate of drug-likeness (QED) is 0.794. The van der Waals surface area contributed by atoms with E-state index in [2.05, 4.69) is 47.1 Å². The van der Waals surface area contributed by atoms with Gasteiger partial charge in [-0.15, -0.1) is 0 Å². The Morgan fingerprint density at radius 2 is 1.79 bits per heavy atom. The van der Waals surface area contributed by atoms with Crippen molar-refractivity contribution in [1.82, 2.24) is 9.80 Å². The van der Waals surface area contributed by atoms with E-state index in [0.29, 0.717) is 6.54 Å². The summed E-state index contributed by atoms with van der Waals surface area (Å²) in [5.41, 5.74) is 4.44. The fraction of sp³-hybridized carbons (Fsp3) is 0.375. The van der Waals surface area contributed by atoms with E-state index in [0.717, 1.165) is 56.8 Å². The minimum Gasteiger partial charge on any atom is -0.368 e. The highest BCUT2D eigenvalue weighted by Crippen LogP contribution is 2.22. The second kappa shape index (κ2) is 8.78. The van der Waals surface area contributed by atoms with Gasteiger partial charge in [-0.1, -0.05) is 36.4 Å². The van der Waals surface area contributed by atoms with E-state index in [4.69, 9.17) is 0 Å². The molecular weight excluding hydrogens is 365 g/mol. The summed E-state index contributed by atoms with van der Waals surface area (Å²) >= 11 is 0. The second-order valence-corrected chi connectivity index (χ2v) is 7.91. The van der Waals surface area contributed by atoms with Crippen LogP contribution < -0.4 is 4.90 Å². The van der Waals surface area contributed by atoms with Crippen molar-refractivity contribution in [3.63, 3.8) is 0 Å². The fourth-order valence-electron chi connectivity index (χ4n) is 4.21. The summed E-state index contributed by atoms with van der Waals surface area (Å²) in [7, 11) is 0. The first-order valence-electron chi connectivity index (χ1n) is 10.4. The van der Waals surface area contributed by atoms with Crippen LogP contribution >= 0.6 is 0 Å². The lowest BCUT2D eigenvalue weighted by Crippen LogP contribution is -2.49. The number of rotatable bonds is 4. The highest BCUT2D eigenvalue weighted by molar-refractivity contribution is 5.93. The van der Waals surface area contributed by atoms with Crippen LogP contribution in [0.25, 0.3) is 0 Å². The van der Waals surface area contributed by atoms with Gasteiger partial charge >= 0.3 is 0 Å². The average molecular weight is 394 g/mol. The van der Waals surface area contributed by atoms with Crippen molar-refractivity contribution in [2.24, 2.45) is 0 Å². The van der Waals surface area contributed by atoms with Gasteiger partial charge in [0.15, 0.2) is 0 Å². The molecular formula is C24H28FN3O.